The summed E-state index contributed by atoms with van der Waals surface area (Å²) in [5, 5.41) is 3.18. The molecule has 0 bridgehead atoms. The second kappa shape index (κ2) is 8.25. The van der Waals surface area contributed by atoms with E-state index in [0.717, 1.165) is 51.6 Å². The van der Waals surface area contributed by atoms with Gasteiger partial charge in [0.15, 0.2) is 0 Å². The Bertz CT molecular complexity index is 379. The van der Waals surface area contributed by atoms with E-state index >= 15 is 0 Å². The van der Waals surface area contributed by atoms with Gasteiger partial charge in [-0.3, -0.25) is 4.90 Å². The van der Waals surface area contributed by atoms with Crippen molar-refractivity contribution in [3.8, 4) is 5.75 Å². The second-order valence-corrected chi connectivity index (χ2v) is 5.28. The van der Waals surface area contributed by atoms with Crippen molar-refractivity contribution in [3.63, 3.8) is 0 Å². The number of hydrogen-bond donors (Lipinski definition) is 1. The highest BCUT2D eigenvalue weighted by Gasteiger charge is 2.19. The van der Waals surface area contributed by atoms with Gasteiger partial charge in [0.05, 0.1) is 19.3 Å². The molecule has 4 heteroatoms. The number of ether oxygens (including phenoxy) is 2. The van der Waals surface area contributed by atoms with E-state index in [1.54, 1.807) is 0 Å². The lowest BCUT2D eigenvalue weighted by Crippen LogP contribution is -2.45. The zero-order valence-corrected chi connectivity index (χ0v) is 12.6. The van der Waals surface area contributed by atoms with Crippen LogP contribution < -0.4 is 10.1 Å². The van der Waals surface area contributed by atoms with E-state index in [1.807, 2.05) is 7.05 Å². The van der Waals surface area contributed by atoms with E-state index in [2.05, 4.69) is 41.4 Å². The topological polar surface area (TPSA) is 33.7 Å². The normalized spacial score (nSPS) is 20.0. The minimum Gasteiger partial charge on any atom is -0.494 e. The third-order valence-electron chi connectivity index (χ3n) is 3.46. The maximum Gasteiger partial charge on any atom is 0.119 e. The van der Waals surface area contributed by atoms with Crippen LogP contribution in [0.15, 0.2) is 24.3 Å². The molecule has 0 radical (unpaired) electrons. The first-order valence-electron chi connectivity index (χ1n) is 7.52. The summed E-state index contributed by atoms with van der Waals surface area (Å²) >= 11 is 0. The van der Waals surface area contributed by atoms with Gasteiger partial charge in [-0.2, -0.15) is 0 Å². The molecular formula is C16H26N2O2. The Kier molecular flexibility index (Phi) is 6.30. The summed E-state index contributed by atoms with van der Waals surface area (Å²) in [4.78, 5) is 2.45. The van der Waals surface area contributed by atoms with Crippen LogP contribution >= 0.6 is 0 Å². The Morgan fingerprint density at radius 3 is 2.85 bits per heavy atom. The van der Waals surface area contributed by atoms with Crippen LogP contribution in [0, 0.1) is 0 Å². The molecule has 0 amide bonds. The van der Waals surface area contributed by atoms with Crippen molar-refractivity contribution < 1.29 is 9.47 Å². The van der Waals surface area contributed by atoms with Crippen LogP contribution in [0.4, 0.5) is 0 Å². The van der Waals surface area contributed by atoms with E-state index < -0.39 is 0 Å². The first kappa shape index (κ1) is 15.3. The quantitative estimate of drug-likeness (QED) is 0.826. The van der Waals surface area contributed by atoms with Crippen LogP contribution in [0.5, 0.6) is 5.75 Å². The lowest BCUT2D eigenvalue weighted by atomic mass is 10.2. The molecule has 1 N–H and O–H groups in total. The van der Waals surface area contributed by atoms with Crippen LogP contribution in [-0.4, -0.2) is 50.9 Å². The third-order valence-corrected chi connectivity index (χ3v) is 3.46. The highest BCUT2D eigenvalue weighted by molar-refractivity contribution is 5.27. The van der Waals surface area contributed by atoms with Gasteiger partial charge < -0.3 is 14.8 Å². The summed E-state index contributed by atoms with van der Waals surface area (Å²) in [7, 11) is 1.97. The predicted molar refractivity (Wildman–Crippen MR) is 81.2 cm³/mol. The van der Waals surface area contributed by atoms with Gasteiger partial charge in [-0.05, 0) is 31.2 Å². The fourth-order valence-electron chi connectivity index (χ4n) is 2.44. The smallest absolute Gasteiger partial charge is 0.119 e. The number of nitrogens with one attached hydrogen (secondary N) is 1. The molecule has 1 aromatic rings. The van der Waals surface area contributed by atoms with Gasteiger partial charge in [0.25, 0.3) is 0 Å². The number of morpholine rings is 1. The lowest BCUT2D eigenvalue weighted by Gasteiger charge is -2.32. The number of benzene rings is 1. The summed E-state index contributed by atoms with van der Waals surface area (Å²) in [5.41, 5.74) is 1.33. The number of likely N-dealkylation sites (N-methyl/N-ethyl adjacent to an activating group) is 1. The predicted octanol–water partition coefficient (Wildman–Crippen LogP) is 1.90. The zero-order valence-electron chi connectivity index (χ0n) is 12.6. The van der Waals surface area contributed by atoms with Gasteiger partial charge in [-0.1, -0.05) is 19.1 Å². The summed E-state index contributed by atoms with van der Waals surface area (Å²) in [6.45, 7) is 7.63. The molecule has 1 heterocycles. The molecular weight excluding hydrogens is 252 g/mol. The van der Waals surface area contributed by atoms with E-state index in [9.17, 15) is 0 Å². The summed E-state index contributed by atoms with van der Waals surface area (Å²) in [5.74, 6) is 0.964. The highest BCUT2D eigenvalue weighted by Crippen LogP contribution is 2.15. The van der Waals surface area contributed by atoms with Crippen molar-refractivity contribution in [2.45, 2.75) is 26.0 Å². The molecule has 1 saturated heterocycles. The Hall–Kier alpha value is -1.10. The Labute approximate surface area is 122 Å². The van der Waals surface area contributed by atoms with Crippen molar-refractivity contribution in [2.24, 2.45) is 0 Å². The van der Waals surface area contributed by atoms with E-state index in [4.69, 9.17) is 9.47 Å². The maximum atomic E-state index is 5.73. The molecule has 1 aromatic carbocycles. The molecule has 4 nitrogen and oxygen atoms in total. The van der Waals surface area contributed by atoms with Gasteiger partial charge in [-0.25, -0.2) is 0 Å². The van der Waals surface area contributed by atoms with Crippen LogP contribution in [0.3, 0.4) is 0 Å². The van der Waals surface area contributed by atoms with Crippen molar-refractivity contribution in [1.29, 1.82) is 0 Å². The molecule has 0 saturated carbocycles. The molecule has 1 unspecified atom stereocenters. The Morgan fingerprint density at radius 1 is 1.35 bits per heavy atom. The molecule has 1 fully saturated rings. The average Bonchev–Trinajstić information content (AvgIpc) is 2.47. The fraction of sp³-hybridized carbons (Fsp3) is 0.625. The minimum absolute atomic E-state index is 0.306. The molecule has 1 aliphatic heterocycles. The molecule has 0 spiro atoms. The third kappa shape index (κ3) is 4.78. The summed E-state index contributed by atoms with van der Waals surface area (Å²) < 4.78 is 11.3. The van der Waals surface area contributed by atoms with Crippen LogP contribution in [0.1, 0.15) is 18.9 Å². The lowest BCUT2D eigenvalue weighted by molar-refractivity contribution is -0.0291. The largest absolute Gasteiger partial charge is 0.494 e. The number of nitrogens with zero attached hydrogens (tertiary/aromatic N) is 1. The monoisotopic (exact) mass is 278 g/mol. The molecule has 1 aliphatic rings. The average molecular weight is 278 g/mol. The van der Waals surface area contributed by atoms with Crippen molar-refractivity contribution in [3.05, 3.63) is 29.8 Å². The fourth-order valence-corrected chi connectivity index (χ4v) is 2.44. The van der Waals surface area contributed by atoms with Crippen molar-refractivity contribution in [2.75, 3.05) is 39.9 Å². The molecule has 2 rings (SSSR count). The number of rotatable bonds is 7. The highest BCUT2D eigenvalue weighted by atomic mass is 16.5. The van der Waals surface area contributed by atoms with Crippen molar-refractivity contribution >= 4 is 0 Å². The van der Waals surface area contributed by atoms with Gasteiger partial charge >= 0.3 is 0 Å². The molecule has 112 valence electrons. The first-order valence-corrected chi connectivity index (χ1v) is 7.52. The second-order valence-electron chi connectivity index (χ2n) is 5.28. The first-order chi connectivity index (χ1) is 9.81. The van der Waals surface area contributed by atoms with Gasteiger partial charge in [0.2, 0.25) is 0 Å². The van der Waals surface area contributed by atoms with Crippen LogP contribution in [-0.2, 0) is 11.3 Å². The van der Waals surface area contributed by atoms with Crippen LogP contribution in [0.25, 0.3) is 0 Å². The summed E-state index contributed by atoms with van der Waals surface area (Å²) in [6, 6.07) is 8.45. The van der Waals surface area contributed by atoms with Crippen LogP contribution in [0.2, 0.25) is 0 Å². The molecule has 0 aliphatic carbocycles. The van der Waals surface area contributed by atoms with Gasteiger partial charge in [-0.15, -0.1) is 0 Å². The SMILES string of the molecule is CCCOc1ccc(CN2CCOC(CNC)C2)cc1. The van der Waals surface area contributed by atoms with E-state index in [-0.39, 0.29) is 0 Å². The molecule has 1 atom stereocenters. The molecule has 0 aromatic heterocycles. The van der Waals surface area contributed by atoms with Crippen molar-refractivity contribution in [1.82, 2.24) is 10.2 Å². The Morgan fingerprint density at radius 2 is 2.15 bits per heavy atom. The van der Waals surface area contributed by atoms with E-state index in [1.165, 1.54) is 5.56 Å². The van der Waals surface area contributed by atoms with Gasteiger partial charge in [0, 0.05) is 26.2 Å². The van der Waals surface area contributed by atoms with E-state index in [0.29, 0.717) is 6.10 Å². The minimum atomic E-state index is 0.306. The van der Waals surface area contributed by atoms with Gasteiger partial charge in [0.1, 0.15) is 5.75 Å². The maximum absolute atomic E-state index is 5.73. The zero-order chi connectivity index (χ0) is 14.2. The standard InChI is InChI=1S/C16H26N2O2/c1-3-9-19-15-6-4-14(5-7-15)12-18-8-10-20-16(13-18)11-17-2/h4-7,16-17H,3,8-13H2,1-2H3. The Balaban J connectivity index is 1.83. The summed E-state index contributed by atoms with van der Waals surface area (Å²) in [6.07, 6.45) is 1.35. The number of hydrogen-bond acceptors (Lipinski definition) is 4. The molecule has 20 heavy (non-hydrogen) atoms.